The number of rotatable bonds is 0. The highest BCUT2D eigenvalue weighted by molar-refractivity contribution is 5.71. The van der Waals surface area contributed by atoms with Crippen molar-refractivity contribution >= 4 is 11.2 Å². The van der Waals surface area contributed by atoms with Gasteiger partial charge in [0.05, 0.1) is 5.69 Å². The standard InChI is InChI=1S/C7H8N4/c1-5-6-7(10-11(5)2)9-4-3-8-6/h3-4H,1-2H3. The Labute approximate surface area is 63.9 Å². The molecule has 2 heterocycles. The number of hydrogen-bond acceptors (Lipinski definition) is 3. The maximum absolute atomic E-state index is 4.16. The Balaban J connectivity index is 2.92. The molecule has 2 aromatic heterocycles. The van der Waals surface area contributed by atoms with Gasteiger partial charge in [-0.05, 0) is 6.92 Å². The van der Waals surface area contributed by atoms with Gasteiger partial charge in [0.15, 0.2) is 5.65 Å². The van der Waals surface area contributed by atoms with Crippen molar-refractivity contribution in [1.82, 2.24) is 19.7 Å². The zero-order valence-corrected chi connectivity index (χ0v) is 6.44. The van der Waals surface area contributed by atoms with Gasteiger partial charge in [0.2, 0.25) is 0 Å². The van der Waals surface area contributed by atoms with Gasteiger partial charge in [0, 0.05) is 19.4 Å². The van der Waals surface area contributed by atoms with Crippen LogP contribution in [0.3, 0.4) is 0 Å². The maximum atomic E-state index is 4.16. The first-order chi connectivity index (χ1) is 5.29. The van der Waals surface area contributed by atoms with Gasteiger partial charge in [-0.3, -0.25) is 4.68 Å². The Morgan fingerprint density at radius 1 is 1.27 bits per heavy atom. The van der Waals surface area contributed by atoms with E-state index in [2.05, 4.69) is 15.1 Å². The molecule has 2 rings (SSSR count). The summed E-state index contributed by atoms with van der Waals surface area (Å²) in [6.07, 6.45) is 3.33. The molecule has 0 saturated heterocycles. The molecule has 0 aliphatic rings. The molecule has 56 valence electrons. The molecular formula is C7H8N4. The lowest BCUT2D eigenvalue weighted by molar-refractivity contribution is 0.747. The number of hydrogen-bond donors (Lipinski definition) is 0. The lowest BCUT2D eigenvalue weighted by atomic mass is 10.4. The summed E-state index contributed by atoms with van der Waals surface area (Å²) in [4.78, 5) is 8.22. The Kier molecular flexibility index (Phi) is 1.15. The molecule has 0 aliphatic carbocycles. The smallest absolute Gasteiger partial charge is 0.200 e. The topological polar surface area (TPSA) is 43.6 Å². The van der Waals surface area contributed by atoms with E-state index < -0.39 is 0 Å². The molecule has 0 unspecified atom stereocenters. The van der Waals surface area contributed by atoms with Crippen LogP contribution < -0.4 is 0 Å². The average Bonchev–Trinajstić information content (AvgIpc) is 2.30. The molecule has 0 radical (unpaired) electrons. The van der Waals surface area contributed by atoms with Crippen LogP contribution in [0.15, 0.2) is 12.4 Å². The second-order valence-corrected chi connectivity index (χ2v) is 2.44. The van der Waals surface area contributed by atoms with E-state index >= 15 is 0 Å². The number of aryl methyl sites for hydroxylation is 2. The van der Waals surface area contributed by atoms with E-state index in [9.17, 15) is 0 Å². The number of aromatic nitrogens is 4. The van der Waals surface area contributed by atoms with E-state index in [4.69, 9.17) is 0 Å². The minimum Gasteiger partial charge on any atom is -0.268 e. The van der Waals surface area contributed by atoms with E-state index in [1.165, 1.54) is 0 Å². The highest BCUT2D eigenvalue weighted by Gasteiger charge is 2.04. The zero-order chi connectivity index (χ0) is 7.84. The fraction of sp³-hybridized carbons (Fsp3) is 0.286. The second kappa shape index (κ2) is 2.02. The summed E-state index contributed by atoms with van der Waals surface area (Å²) >= 11 is 0. The fourth-order valence-corrected chi connectivity index (χ4v) is 1.03. The van der Waals surface area contributed by atoms with Crippen molar-refractivity contribution in [2.75, 3.05) is 0 Å². The van der Waals surface area contributed by atoms with Crippen molar-refractivity contribution in [3.05, 3.63) is 18.1 Å². The molecule has 0 spiro atoms. The Hall–Kier alpha value is -1.45. The molecule has 4 heteroatoms. The lowest BCUT2D eigenvalue weighted by Crippen LogP contribution is -1.91. The van der Waals surface area contributed by atoms with Crippen LogP contribution in [0.4, 0.5) is 0 Å². The number of fused-ring (bicyclic) bond motifs is 1. The van der Waals surface area contributed by atoms with Gasteiger partial charge < -0.3 is 0 Å². The van der Waals surface area contributed by atoms with Crippen LogP contribution >= 0.6 is 0 Å². The van der Waals surface area contributed by atoms with Crippen molar-refractivity contribution < 1.29 is 0 Å². The van der Waals surface area contributed by atoms with Gasteiger partial charge in [-0.25, -0.2) is 9.97 Å². The Bertz CT molecular complexity index is 390. The van der Waals surface area contributed by atoms with Crippen LogP contribution in [-0.2, 0) is 7.05 Å². The average molecular weight is 148 g/mol. The molecule has 2 aromatic rings. The molecule has 0 atom stereocenters. The summed E-state index contributed by atoms with van der Waals surface area (Å²) < 4.78 is 1.78. The van der Waals surface area contributed by atoms with Crippen LogP contribution in [0, 0.1) is 6.92 Å². The molecule has 4 nitrogen and oxygen atoms in total. The summed E-state index contributed by atoms with van der Waals surface area (Å²) in [6.45, 7) is 1.98. The summed E-state index contributed by atoms with van der Waals surface area (Å²) in [5.74, 6) is 0. The molecule has 0 N–H and O–H groups in total. The third kappa shape index (κ3) is 0.790. The van der Waals surface area contributed by atoms with E-state index in [0.717, 1.165) is 11.2 Å². The van der Waals surface area contributed by atoms with Gasteiger partial charge in [-0.1, -0.05) is 0 Å². The second-order valence-electron chi connectivity index (χ2n) is 2.44. The molecule has 0 amide bonds. The van der Waals surface area contributed by atoms with Gasteiger partial charge in [-0.2, -0.15) is 5.10 Å². The molecule has 11 heavy (non-hydrogen) atoms. The minimum atomic E-state index is 0.715. The predicted octanol–water partition coefficient (Wildman–Crippen LogP) is 0.672. The van der Waals surface area contributed by atoms with Gasteiger partial charge >= 0.3 is 0 Å². The lowest BCUT2D eigenvalue weighted by Gasteiger charge is -1.88. The van der Waals surface area contributed by atoms with Crippen LogP contribution in [0.25, 0.3) is 11.2 Å². The van der Waals surface area contributed by atoms with E-state index in [1.54, 1.807) is 17.1 Å². The first-order valence-electron chi connectivity index (χ1n) is 3.39. The predicted molar refractivity (Wildman–Crippen MR) is 41.0 cm³/mol. The highest BCUT2D eigenvalue weighted by Crippen LogP contribution is 2.09. The SMILES string of the molecule is Cc1c2nccnc2nn1C. The molecule has 0 aromatic carbocycles. The summed E-state index contributed by atoms with van der Waals surface area (Å²) in [6, 6.07) is 0. The summed E-state index contributed by atoms with van der Waals surface area (Å²) in [7, 11) is 1.89. The molecule has 0 aliphatic heterocycles. The van der Waals surface area contributed by atoms with Crippen LogP contribution in [-0.4, -0.2) is 19.7 Å². The molecule has 0 bridgehead atoms. The zero-order valence-electron chi connectivity index (χ0n) is 6.44. The van der Waals surface area contributed by atoms with Crippen LogP contribution in [0.1, 0.15) is 5.69 Å². The largest absolute Gasteiger partial charge is 0.268 e. The van der Waals surface area contributed by atoms with Crippen LogP contribution in [0.5, 0.6) is 0 Å². The fourth-order valence-electron chi connectivity index (χ4n) is 1.03. The van der Waals surface area contributed by atoms with Gasteiger partial charge in [0.25, 0.3) is 0 Å². The third-order valence-corrected chi connectivity index (χ3v) is 1.75. The van der Waals surface area contributed by atoms with E-state index in [-0.39, 0.29) is 0 Å². The molecule has 0 fully saturated rings. The quantitative estimate of drug-likeness (QED) is 0.551. The van der Waals surface area contributed by atoms with Crippen LogP contribution in [0.2, 0.25) is 0 Å². The maximum Gasteiger partial charge on any atom is 0.200 e. The molecular weight excluding hydrogens is 140 g/mol. The first-order valence-corrected chi connectivity index (χ1v) is 3.39. The van der Waals surface area contributed by atoms with Crippen molar-refractivity contribution in [1.29, 1.82) is 0 Å². The third-order valence-electron chi connectivity index (χ3n) is 1.75. The van der Waals surface area contributed by atoms with E-state index in [1.807, 2.05) is 14.0 Å². The van der Waals surface area contributed by atoms with E-state index in [0.29, 0.717) is 5.65 Å². The summed E-state index contributed by atoms with van der Waals surface area (Å²) in [5, 5.41) is 4.16. The first kappa shape index (κ1) is 6.27. The van der Waals surface area contributed by atoms with Crippen molar-refractivity contribution in [3.63, 3.8) is 0 Å². The Morgan fingerprint density at radius 2 is 2.00 bits per heavy atom. The normalized spacial score (nSPS) is 10.7. The van der Waals surface area contributed by atoms with Crippen molar-refractivity contribution in [2.24, 2.45) is 7.05 Å². The Morgan fingerprint density at radius 3 is 2.73 bits per heavy atom. The van der Waals surface area contributed by atoms with Gasteiger partial charge in [0.1, 0.15) is 5.52 Å². The number of nitrogens with zero attached hydrogens (tertiary/aromatic N) is 4. The van der Waals surface area contributed by atoms with Crippen molar-refractivity contribution in [3.8, 4) is 0 Å². The summed E-state index contributed by atoms with van der Waals surface area (Å²) in [5.41, 5.74) is 2.65. The minimum absolute atomic E-state index is 0.715. The van der Waals surface area contributed by atoms with Crippen molar-refractivity contribution in [2.45, 2.75) is 6.92 Å². The van der Waals surface area contributed by atoms with Gasteiger partial charge in [-0.15, -0.1) is 0 Å². The monoisotopic (exact) mass is 148 g/mol. The molecule has 0 saturated carbocycles. The highest BCUT2D eigenvalue weighted by atomic mass is 15.3.